The number of H-pyrrole nitrogens is 1. The molecule has 3 aromatic rings. The van der Waals surface area contributed by atoms with E-state index in [4.69, 9.17) is 5.73 Å². The van der Waals surface area contributed by atoms with Crippen LogP contribution in [0, 0.1) is 26.7 Å². The van der Waals surface area contributed by atoms with Gasteiger partial charge in [0.2, 0.25) is 5.91 Å². The number of fused-ring (bicyclic) bond motifs is 1. The summed E-state index contributed by atoms with van der Waals surface area (Å²) in [5.41, 5.74) is 12.8. The second kappa shape index (κ2) is 6.27. The molecule has 0 spiro atoms. The number of aryl methyl sites for hydroxylation is 2. The lowest BCUT2D eigenvalue weighted by atomic mass is 9.93. The van der Waals surface area contributed by atoms with Crippen molar-refractivity contribution in [2.45, 2.75) is 33.6 Å². The number of primary amides is 1. The first-order chi connectivity index (χ1) is 12.9. The molecule has 0 aliphatic heterocycles. The molecular formula is C22H23N3O2. The van der Waals surface area contributed by atoms with E-state index in [1.54, 1.807) is 6.07 Å². The molecule has 1 saturated carbocycles. The van der Waals surface area contributed by atoms with Crippen molar-refractivity contribution in [1.29, 1.82) is 0 Å². The number of aromatic nitrogens is 1. The first-order valence-electron chi connectivity index (χ1n) is 9.21. The highest BCUT2D eigenvalue weighted by Crippen LogP contribution is 2.38. The quantitative estimate of drug-likeness (QED) is 0.650. The number of carbonyl (C=O) groups is 2. The summed E-state index contributed by atoms with van der Waals surface area (Å²) in [4.78, 5) is 27.4. The van der Waals surface area contributed by atoms with E-state index in [2.05, 4.69) is 10.3 Å². The Labute approximate surface area is 158 Å². The van der Waals surface area contributed by atoms with Gasteiger partial charge in [-0.15, -0.1) is 0 Å². The third kappa shape index (κ3) is 2.89. The van der Waals surface area contributed by atoms with E-state index >= 15 is 0 Å². The van der Waals surface area contributed by atoms with Gasteiger partial charge in [-0.2, -0.15) is 0 Å². The fourth-order valence-electron chi connectivity index (χ4n) is 3.66. The van der Waals surface area contributed by atoms with Gasteiger partial charge in [-0.25, -0.2) is 0 Å². The van der Waals surface area contributed by atoms with Crippen molar-refractivity contribution in [3.05, 3.63) is 52.7 Å². The van der Waals surface area contributed by atoms with Gasteiger partial charge >= 0.3 is 0 Å². The van der Waals surface area contributed by atoms with Crippen molar-refractivity contribution >= 4 is 28.4 Å². The van der Waals surface area contributed by atoms with Crippen molar-refractivity contribution in [3.63, 3.8) is 0 Å². The number of hydrogen-bond acceptors (Lipinski definition) is 2. The third-order valence-electron chi connectivity index (χ3n) is 5.55. The lowest BCUT2D eigenvalue weighted by Crippen LogP contribution is -2.14. The van der Waals surface area contributed by atoms with Crippen LogP contribution in [0.4, 0.5) is 5.69 Å². The summed E-state index contributed by atoms with van der Waals surface area (Å²) in [6.07, 6.45) is 1.95. The number of nitrogens with two attached hydrogens (primary N) is 1. The summed E-state index contributed by atoms with van der Waals surface area (Å²) in [6, 6.07) is 9.64. The molecule has 0 radical (unpaired) electrons. The standard InChI is InChI=1S/C22H23N3O2/c1-11-13(3)24-20-17(21(23)26)10-9-16(19(11)20)15-5-4-6-18(12(15)2)25-22(27)14-7-8-14/h4-6,9-10,14,24H,7-8H2,1-3H3,(H2,23,26)(H,25,27). The highest BCUT2D eigenvalue weighted by atomic mass is 16.2. The second-order valence-electron chi connectivity index (χ2n) is 7.39. The summed E-state index contributed by atoms with van der Waals surface area (Å²) < 4.78 is 0. The molecule has 0 atom stereocenters. The number of anilines is 1. The fourth-order valence-corrected chi connectivity index (χ4v) is 3.66. The van der Waals surface area contributed by atoms with Crippen LogP contribution >= 0.6 is 0 Å². The Balaban J connectivity index is 1.89. The zero-order chi connectivity index (χ0) is 19.3. The van der Waals surface area contributed by atoms with Crippen LogP contribution in [0.3, 0.4) is 0 Å². The van der Waals surface area contributed by atoms with Crippen LogP contribution in [0.1, 0.15) is 40.0 Å². The highest BCUT2D eigenvalue weighted by molar-refractivity contribution is 6.11. The van der Waals surface area contributed by atoms with Crippen molar-refractivity contribution in [2.75, 3.05) is 5.32 Å². The molecule has 4 N–H and O–H groups in total. The maximum absolute atomic E-state index is 12.2. The predicted molar refractivity (Wildman–Crippen MR) is 108 cm³/mol. The Bertz CT molecular complexity index is 1090. The zero-order valence-corrected chi connectivity index (χ0v) is 15.8. The Morgan fingerprint density at radius 3 is 2.44 bits per heavy atom. The number of aromatic amines is 1. The van der Waals surface area contributed by atoms with Crippen molar-refractivity contribution in [1.82, 2.24) is 4.98 Å². The molecular weight excluding hydrogens is 338 g/mol. The molecule has 4 rings (SSSR count). The summed E-state index contributed by atoms with van der Waals surface area (Å²) in [5, 5.41) is 4.06. The first kappa shape index (κ1) is 17.3. The van der Waals surface area contributed by atoms with E-state index in [-0.39, 0.29) is 11.8 Å². The molecule has 138 valence electrons. The Morgan fingerprint density at radius 1 is 1.04 bits per heavy atom. The maximum Gasteiger partial charge on any atom is 0.250 e. The van der Waals surface area contributed by atoms with Crippen molar-refractivity contribution < 1.29 is 9.59 Å². The molecule has 0 unspecified atom stereocenters. The van der Waals surface area contributed by atoms with E-state index in [0.717, 1.165) is 57.4 Å². The molecule has 27 heavy (non-hydrogen) atoms. The Morgan fingerprint density at radius 2 is 1.78 bits per heavy atom. The van der Waals surface area contributed by atoms with E-state index in [1.165, 1.54) is 0 Å². The van der Waals surface area contributed by atoms with Gasteiger partial charge in [-0.1, -0.05) is 18.2 Å². The van der Waals surface area contributed by atoms with Crippen LogP contribution in [0.5, 0.6) is 0 Å². The highest BCUT2D eigenvalue weighted by Gasteiger charge is 2.30. The number of amides is 2. The van der Waals surface area contributed by atoms with E-state index in [0.29, 0.717) is 5.56 Å². The van der Waals surface area contributed by atoms with Crippen LogP contribution in [0.25, 0.3) is 22.0 Å². The minimum absolute atomic E-state index is 0.0955. The van der Waals surface area contributed by atoms with Gasteiger partial charge in [0.1, 0.15) is 0 Å². The van der Waals surface area contributed by atoms with Crippen LogP contribution < -0.4 is 11.1 Å². The van der Waals surface area contributed by atoms with E-state index in [1.807, 2.05) is 45.0 Å². The van der Waals surface area contributed by atoms with Gasteiger partial charge < -0.3 is 16.0 Å². The largest absolute Gasteiger partial charge is 0.366 e. The van der Waals surface area contributed by atoms with Gasteiger partial charge in [0.15, 0.2) is 0 Å². The summed E-state index contributed by atoms with van der Waals surface area (Å²) >= 11 is 0. The molecule has 0 saturated heterocycles. The van der Waals surface area contributed by atoms with Crippen LogP contribution in [-0.2, 0) is 4.79 Å². The Hall–Kier alpha value is -3.08. The number of rotatable bonds is 4. The smallest absolute Gasteiger partial charge is 0.250 e. The lowest BCUT2D eigenvalue weighted by Gasteiger charge is -2.14. The molecule has 1 aliphatic carbocycles. The third-order valence-corrected chi connectivity index (χ3v) is 5.55. The van der Waals surface area contributed by atoms with Crippen molar-refractivity contribution in [2.24, 2.45) is 11.7 Å². The normalized spacial score (nSPS) is 13.7. The molecule has 2 aromatic carbocycles. The maximum atomic E-state index is 12.2. The fraction of sp³-hybridized carbons (Fsp3) is 0.273. The SMILES string of the molecule is Cc1[nH]c2c(C(N)=O)ccc(-c3cccc(NC(=O)C4CC4)c3C)c2c1C. The zero-order valence-electron chi connectivity index (χ0n) is 15.8. The van der Waals surface area contributed by atoms with Gasteiger partial charge in [0, 0.05) is 22.7 Å². The summed E-state index contributed by atoms with van der Waals surface area (Å²) in [5.74, 6) is -0.197. The first-order valence-corrected chi connectivity index (χ1v) is 9.21. The molecule has 0 bridgehead atoms. The van der Waals surface area contributed by atoms with Gasteiger partial charge in [-0.05, 0) is 68.0 Å². The van der Waals surface area contributed by atoms with E-state index < -0.39 is 5.91 Å². The average molecular weight is 361 g/mol. The Kier molecular flexibility index (Phi) is 4.02. The number of hydrogen-bond donors (Lipinski definition) is 3. The number of carbonyl (C=O) groups excluding carboxylic acids is 2. The molecule has 1 aromatic heterocycles. The topological polar surface area (TPSA) is 88.0 Å². The van der Waals surface area contributed by atoms with Crippen LogP contribution in [0.15, 0.2) is 30.3 Å². The second-order valence-corrected chi connectivity index (χ2v) is 7.39. The molecule has 5 heteroatoms. The minimum Gasteiger partial charge on any atom is -0.366 e. The molecule has 1 aliphatic rings. The minimum atomic E-state index is -0.449. The average Bonchev–Trinajstić information content (AvgIpc) is 3.43. The van der Waals surface area contributed by atoms with Crippen LogP contribution in [0.2, 0.25) is 0 Å². The van der Waals surface area contributed by atoms with Crippen LogP contribution in [-0.4, -0.2) is 16.8 Å². The molecule has 5 nitrogen and oxygen atoms in total. The lowest BCUT2D eigenvalue weighted by molar-refractivity contribution is -0.117. The summed E-state index contributed by atoms with van der Waals surface area (Å²) in [6.45, 7) is 6.04. The monoisotopic (exact) mass is 361 g/mol. The van der Waals surface area contributed by atoms with Crippen molar-refractivity contribution in [3.8, 4) is 11.1 Å². The molecule has 1 fully saturated rings. The van der Waals surface area contributed by atoms with Gasteiger partial charge in [0.05, 0.1) is 11.1 Å². The van der Waals surface area contributed by atoms with Gasteiger partial charge in [-0.3, -0.25) is 9.59 Å². The van der Waals surface area contributed by atoms with E-state index in [9.17, 15) is 9.59 Å². The number of benzene rings is 2. The predicted octanol–water partition coefficient (Wildman–Crippen LogP) is 4.21. The van der Waals surface area contributed by atoms with Gasteiger partial charge in [0.25, 0.3) is 5.91 Å². The number of nitrogens with one attached hydrogen (secondary N) is 2. The summed E-state index contributed by atoms with van der Waals surface area (Å²) in [7, 11) is 0. The molecule has 2 amide bonds. The molecule has 1 heterocycles.